The normalized spacial score (nSPS) is 18.6. The molecule has 2 aromatic rings. The lowest BCUT2D eigenvalue weighted by Crippen LogP contribution is -2.56. The zero-order valence-electron chi connectivity index (χ0n) is 20.0. The number of piperazine rings is 1. The van der Waals surface area contributed by atoms with E-state index in [2.05, 4.69) is 38.7 Å². The number of hydrogen-bond acceptors (Lipinski definition) is 6. The average Bonchev–Trinajstić information content (AvgIpc) is 3.52. The summed E-state index contributed by atoms with van der Waals surface area (Å²) in [6, 6.07) is 5.13. The van der Waals surface area contributed by atoms with Crippen molar-refractivity contribution in [3.8, 4) is 11.5 Å². The topological polar surface area (TPSA) is 83.6 Å². The first-order valence-corrected chi connectivity index (χ1v) is 11.9. The van der Waals surface area contributed by atoms with Crippen LogP contribution < -0.4 is 14.4 Å². The van der Waals surface area contributed by atoms with Gasteiger partial charge in [0.05, 0.1) is 13.0 Å². The van der Waals surface area contributed by atoms with E-state index in [4.69, 9.17) is 4.74 Å². The molecule has 2 aliphatic rings. The molecule has 1 aliphatic carbocycles. The zero-order chi connectivity index (χ0) is 24.2. The Morgan fingerprint density at radius 1 is 1.24 bits per heavy atom. The number of aryl methyl sites for hydroxylation is 1. The Bertz CT molecular complexity index is 979. The number of benzene rings is 1. The van der Waals surface area contributed by atoms with Crippen LogP contribution in [0.25, 0.3) is 0 Å². The Kier molecular flexibility index (Phi) is 7.53. The monoisotopic (exact) mass is 477 g/mol. The van der Waals surface area contributed by atoms with Crippen LogP contribution in [0.3, 0.4) is 0 Å². The van der Waals surface area contributed by atoms with E-state index in [0.29, 0.717) is 55.5 Å². The van der Waals surface area contributed by atoms with Crippen LogP contribution in [0.1, 0.15) is 44.8 Å². The summed E-state index contributed by atoms with van der Waals surface area (Å²) in [4.78, 5) is 21.5. The molecule has 1 saturated carbocycles. The number of aromatic nitrogens is 3. The molecule has 0 bridgehead atoms. The van der Waals surface area contributed by atoms with E-state index in [-0.39, 0.29) is 24.1 Å². The highest BCUT2D eigenvalue weighted by Crippen LogP contribution is 2.37. The number of H-pyrrole nitrogens is 1. The lowest BCUT2D eigenvalue weighted by molar-refractivity contribution is -0.133. The number of carbonyl (C=O) groups excluding carboxylic acids is 1. The van der Waals surface area contributed by atoms with E-state index < -0.39 is 6.61 Å². The van der Waals surface area contributed by atoms with Crippen LogP contribution >= 0.6 is 0 Å². The molecule has 1 amide bonds. The maximum Gasteiger partial charge on any atom is 0.387 e. The molecule has 4 rings (SSSR count). The molecule has 186 valence electrons. The largest absolute Gasteiger partial charge is 0.489 e. The summed E-state index contributed by atoms with van der Waals surface area (Å²) in [5.41, 5.74) is 0.873. The fourth-order valence-corrected chi connectivity index (χ4v) is 4.36. The predicted molar refractivity (Wildman–Crippen MR) is 123 cm³/mol. The SMILES string of the molecule is Cc1nc(CC(=O)N2CCN(c3ccc(OC(F)F)c(OCC4CC4)c3)C[C@@H]2CC(C)C)n[nH]1. The highest BCUT2D eigenvalue weighted by atomic mass is 19.3. The average molecular weight is 478 g/mol. The van der Waals surface area contributed by atoms with Gasteiger partial charge in [0.1, 0.15) is 5.82 Å². The number of hydrogen-bond donors (Lipinski definition) is 1. The summed E-state index contributed by atoms with van der Waals surface area (Å²) in [7, 11) is 0. The van der Waals surface area contributed by atoms with Gasteiger partial charge in [-0.1, -0.05) is 13.8 Å². The maximum absolute atomic E-state index is 13.1. The molecule has 0 spiro atoms. The quantitative estimate of drug-likeness (QED) is 0.560. The molecular formula is C24H33F2N5O3. The second-order valence-electron chi connectivity index (χ2n) is 9.59. The van der Waals surface area contributed by atoms with Crippen molar-refractivity contribution in [2.45, 2.75) is 59.1 Å². The standard InChI is InChI=1S/C24H33F2N5O3/c1-15(2)10-19-13-30(8-9-31(19)23(32)12-22-27-16(3)28-29-22)18-6-7-20(34-24(25)26)21(11-18)33-14-17-4-5-17/h6-7,11,15,17,19,24H,4-5,8-10,12-14H2,1-3H3,(H,27,28,29)/t19-/m0/s1. The lowest BCUT2D eigenvalue weighted by Gasteiger charge is -2.43. The van der Waals surface area contributed by atoms with Gasteiger partial charge < -0.3 is 19.3 Å². The van der Waals surface area contributed by atoms with Crippen molar-refractivity contribution in [3.63, 3.8) is 0 Å². The van der Waals surface area contributed by atoms with Crippen LogP contribution in [0.4, 0.5) is 14.5 Å². The van der Waals surface area contributed by atoms with Crippen molar-refractivity contribution in [1.29, 1.82) is 0 Å². The third-order valence-electron chi connectivity index (χ3n) is 6.18. The Labute approximate surface area is 198 Å². The number of aromatic amines is 1. The van der Waals surface area contributed by atoms with Crippen LogP contribution in [-0.2, 0) is 11.2 Å². The van der Waals surface area contributed by atoms with Crippen molar-refractivity contribution < 1.29 is 23.0 Å². The van der Waals surface area contributed by atoms with Crippen LogP contribution in [0.5, 0.6) is 11.5 Å². The number of nitrogens with zero attached hydrogens (tertiary/aromatic N) is 4. The lowest BCUT2D eigenvalue weighted by atomic mass is 9.99. The van der Waals surface area contributed by atoms with E-state index in [1.807, 2.05) is 11.8 Å². The minimum Gasteiger partial charge on any atom is -0.489 e. The molecular weight excluding hydrogens is 444 g/mol. The zero-order valence-corrected chi connectivity index (χ0v) is 20.0. The number of carbonyl (C=O) groups is 1. The second-order valence-corrected chi connectivity index (χ2v) is 9.59. The minimum absolute atomic E-state index is 0.0124. The van der Waals surface area contributed by atoms with Crippen molar-refractivity contribution in [3.05, 3.63) is 29.8 Å². The van der Waals surface area contributed by atoms with Gasteiger partial charge >= 0.3 is 6.61 Å². The van der Waals surface area contributed by atoms with Gasteiger partial charge in [0.25, 0.3) is 0 Å². The fourth-order valence-electron chi connectivity index (χ4n) is 4.36. The molecule has 0 radical (unpaired) electrons. The number of nitrogens with one attached hydrogen (secondary N) is 1. The van der Waals surface area contributed by atoms with Gasteiger partial charge in [-0.2, -0.15) is 13.9 Å². The van der Waals surface area contributed by atoms with Crippen molar-refractivity contribution >= 4 is 11.6 Å². The molecule has 1 aromatic carbocycles. The van der Waals surface area contributed by atoms with Gasteiger partial charge in [-0.05, 0) is 50.2 Å². The number of alkyl halides is 2. The van der Waals surface area contributed by atoms with Gasteiger partial charge in [-0.15, -0.1) is 0 Å². The Balaban J connectivity index is 1.48. The molecule has 34 heavy (non-hydrogen) atoms. The first-order chi connectivity index (χ1) is 16.3. The van der Waals surface area contributed by atoms with Crippen LogP contribution in [0.2, 0.25) is 0 Å². The molecule has 0 unspecified atom stereocenters. The highest BCUT2D eigenvalue weighted by Gasteiger charge is 2.32. The molecule has 10 heteroatoms. The molecule has 2 heterocycles. The molecule has 1 saturated heterocycles. The molecule has 2 fully saturated rings. The maximum atomic E-state index is 13.1. The van der Waals surface area contributed by atoms with E-state index >= 15 is 0 Å². The summed E-state index contributed by atoms with van der Waals surface area (Å²) < 4.78 is 36.3. The fraction of sp³-hybridized carbons (Fsp3) is 0.625. The molecule has 1 atom stereocenters. The number of anilines is 1. The number of ether oxygens (including phenoxy) is 2. The first-order valence-electron chi connectivity index (χ1n) is 11.9. The van der Waals surface area contributed by atoms with Crippen LogP contribution in [0, 0.1) is 18.8 Å². The summed E-state index contributed by atoms with van der Waals surface area (Å²) in [5, 5.41) is 6.88. The summed E-state index contributed by atoms with van der Waals surface area (Å²) in [5.74, 6) is 2.48. The van der Waals surface area contributed by atoms with Crippen molar-refractivity contribution in [1.82, 2.24) is 20.1 Å². The molecule has 1 aromatic heterocycles. The van der Waals surface area contributed by atoms with Gasteiger partial charge in [0, 0.05) is 37.4 Å². The number of rotatable bonds is 10. The summed E-state index contributed by atoms with van der Waals surface area (Å²) in [6.45, 7) is 5.52. The van der Waals surface area contributed by atoms with E-state index in [1.165, 1.54) is 0 Å². The van der Waals surface area contributed by atoms with Gasteiger partial charge in [0.15, 0.2) is 17.3 Å². The first kappa shape index (κ1) is 24.2. The van der Waals surface area contributed by atoms with Crippen molar-refractivity contribution in [2.24, 2.45) is 11.8 Å². The molecule has 1 aliphatic heterocycles. The Hall–Kier alpha value is -2.91. The van der Waals surface area contributed by atoms with Gasteiger partial charge in [0.2, 0.25) is 5.91 Å². The Morgan fingerprint density at radius 3 is 2.68 bits per heavy atom. The molecule has 8 nitrogen and oxygen atoms in total. The highest BCUT2D eigenvalue weighted by molar-refractivity contribution is 5.78. The third-order valence-corrected chi connectivity index (χ3v) is 6.18. The van der Waals surface area contributed by atoms with E-state index in [9.17, 15) is 13.6 Å². The molecule has 1 N–H and O–H groups in total. The minimum atomic E-state index is -2.91. The van der Waals surface area contributed by atoms with Crippen LogP contribution in [-0.4, -0.2) is 64.9 Å². The smallest absolute Gasteiger partial charge is 0.387 e. The van der Waals surface area contributed by atoms with Gasteiger partial charge in [-0.25, -0.2) is 4.98 Å². The predicted octanol–water partition coefficient (Wildman–Crippen LogP) is 3.81. The van der Waals surface area contributed by atoms with E-state index in [0.717, 1.165) is 24.9 Å². The summed E-state index contributed by atoms with van der Waals surface area (Å²) in [6.07, 6.45) is 3.22. The number of halogens is 2. The summed E-state index contributed by atoms with van der Waals surface area (Å²) >= 11 is 0. The van der Waals surface area contributed by atoms with Crippen molar-refractivity contribution in [2.75, 3.05) is 31.1 Å². The third kappa shape index (κ3) is 6.36. The van der Waals surface area contributed by atoms with Crippen LogP contribution in [0.15, 0.2) is 18.2 Å². The second kappa shape index (κ2) is 10.6. The number of amides is 1. The van der Waals surface area contributed by atoms with E-state index in [1.54, 1.807) is 18.2 Å². The Morgan fingerprint density at radius 2 is 2.03 bits per heavy atom. The van der Waals surface area contributed by atoms with Gasteiger partial charge in [-0.3, -0.25) is 9.89 Å².